The fourth-order valence-electron chi connectivity index (χ4n) is 3.07. The van der Waals surface area contributed by atoms with Gasteiger partial charge in [0.1, 0.15) is 0 Å². The largest absolute Gasteiger partial charge is 0.384 e. The van der Waals surface area contributed by atoms with E-state index in [-0.39, 0.29) is 0 Å². The number of piperidine rings is 1. The van der Waals surface area contributed by atoms with E-state index >= 15 is 0 Å². The molecule has 2 nitrogen and oxygen atoms in total. The number of rotatable bonds is 4. The summed E-state index contributed by atoms with van der Waals surface area (Å²) >= 11 is 3.51. The van der Waals surface area contributed by atoms with E-state index in [1.54, 1.807) is 0 Å². The number of halogens is 1. The first-order valence-electron chi connectivity index (χ1n) is 7.29. The van der Waals surface area contributed by atoms with Crippen molar-refractivity contribution < 1.29 is 0 Å². The highest BCUT2D eigenvalue weighted by atomic mass is 79.9. The lowest BCUT2D eigenvalue weighted by Crippen LogP contribution is -2.47. The molecule has 2 rings (SSSR count). The first kappa shape index (κ1) is 14.9. The Morgan fingerprint density at radius 2 is 2.11 bits per heavy atom. The minimum atomic E-state index is 0.709. The Morgan fingerprint density at radius 1 is 1.32 bits per heavy atom. The van der Waals surface area contributed by atoms with Crippen molar-refractivity contribution in [3.05, 3.63) is 28.7 Å². The molecule has 3 heteroatoms. The maximum absolute atomic E-state index is 3.51. The van der Waals surface area contributed by atoms with Gasteiger partial charge in [-0.1, -0.05) is 35.8 Å². The van der Waals surface area contributed by atoms with Crippen LogP contribution in [0.4, 0.5) is 5.69 Å². The summed E-state index contributed by atoms with van der Waals surface area (Å²) in [6.45, 7) is 10.5. The molecule has 106 valence electrons. The SMILES string of the molecule is CC1CC(C)C(C)N(CCNc2cccc(Br)c2)C1. The van der Waals surface area contributed by atoms with Gasteiger partial charge in [0.05, 0.1) is 0 Å². The maximum Gasteiger partial charge on any atom is 0.0351 e. The molecular formula is C16H25BrN2. The Labute approximate surface area is 125 Å². The van der Waals surface area contributed by atoms with Crippen molar-refractivity contribution in [3.8, 4) is 0 Å². The van der Waals surface area contributed by atoms with Crippen LogP contribution in [0, 0.1) is 11.8 Å². The van der Waals surface area contributed by atoms with E-state index in [0.717, 1.165) is 29.4 Å². The van der Waals surface area contributed by atoms with E-state index in [9.17, 15) is 0 Å². The summed E-state index contributed by atoms with van der Waals surface area (Å²) in [5, 5.41) is 3.51. The third kappa shape index (κ3) is 4.22. The van der Waals surface area contributed by atoms with Crippen molar-refractivity contribution in [1.82, 2.24) is 4.90 Å². The summed E-state index contributed by atoms with van der Waals surface area (Å²) in [6.07, 6.45) is 1.37. The molecule has 1 aromatic carbocycles. The lowest BCUT2D eigenvalue weighted by atomic mass is 9.86. The second-order valence-electron chi connectivity index (χ2n) is 5.99. The number of likely N-dealkylation sites (tertiary alicyclic amines) is 1. The minimum Gasteiger partial charge on any atom is -0.384 e. The van der Waals surface area contributed by atoms with Crippen molar-refractivity contribution in [1.29, 1.82) is 0 Å². The smallest absolute Gasteiger partial charge is 0.0351 e. The van der Waals surface area contributed by atoms with Gasteiger partial charge in [0.25, 0.3) is 0 Å². The topological polar surface area (TPSA) is 15.3 Å². The second-order valence-corrected chi connectivity index (χ2v) is 6.91. The molecule has 1 aliphatic rings. The average molecular weight is 325 g/mol. The molecule has 0 bridgehead atoms. The van der Waals surface area contributed by atoms with Crippen molar-refractivity contribution >= 4 is 21.6 Å². The number of anilines is 1. The van der Waals surface area contributed by atoms with E-state index in [2.05, 4.69) is 71.2 Å². The number of benzene rings is 1. The molecule has 0 amide bonds. The van der Waals surface area contributed by atoms with Gasteiger partial charge in [-0.2, -0.15) is 0 Å². The van der Waals surface area contributed by atoms with Crippen LogP contribution in [0.15, 0.2) is 28.7 Å². The Hall–Kier alpha value is -0.540. The summed E-state index contributed by atoms with van der Waals surface area (Å²) in [7, 11) is 0. The zero-order valence-electron chi connectivity index (χ0n) is 12.2. The van der Waals surface area contributed by atoms with Gasteiger partial charge in [-0.3, -0.25) is 4.90 Å². The molecule has 0 spiro atoms. The van der Waals surface area contributed by atoms with E-state index in [0.29, 0.717) is 6.04 Å². The van der Waals surface area contributed by atoms with Crippen LogP contribution in [0.25, 0.3) is 0 Å². The van der Waals surface area contributed by atoms with E-state index in [1.165, 1.54) is 18.7 Å². The number of nitrogens with zero attached hydrogens (tertiary/aromatic N) is 1. The normalized spacial score (nSPS) is 28.3. The molecule has 1 heterocycles. The lowest BCUT2D eigenvalue weighted by Gasteiger charge is -2.41. The van der Waals surface area contributed by atoms with Crippen LogP contribution in [0.1, 0.15) is 27.2 Å². The fourth-order valence-corrected chi connectivity index (χ4v) is 3.47. The molecule has 1 aliphatic heterocycles. The van der Waals surface area contributed by atoms with Crippen LogP contribution >= 0.6 is 15.9 Å². The predicted molar refractivity (Wildman–Crippen MR) is 86.6 cm³/mol. The molecule has 0 aromatic heterocycles. The Balaban J connectivity index is 1.81. The van der Waals surface area contributed by atoms with Crippen molar-refractivity contribution in [3.63, 3.8) is 0 Å². The maximum atomic E-state index is 3.51. The monoisotopic (exact) mass is 324 g/mol. The van der Waals surface area contributed by atoms with Gasteiger partial charge in [0.2, 0.25) is 0 Å². The van der Waals surface area contributed by atoms with E-state index in [4.69, 9.17) is 0 Å². The van der Waals surface area contributed by atoms with Crippen LogP contribution in [0.2, 0.25) is 0 Å². The highest BCUT2D eigenvalue weighted by Gasteiger charge is 2.27. The van der Waals surface area contributed by atoms with Crippen molar-refractivity contribution in [2.24, 2.45) is 11.8 Å². The lowest BCUT2D eigenvalue weighted by molar-refractivity contribution is 0.0839. The molecule has 1 N–H and O–H groups in total. The van der Waals surface area contributed by atoms with Crippen LogP contribution in [-0.2, 0) is 0 Å². The molecule has 0 aliphatic carbocycles. The molecule has 1 fully saturated rings. The molecule has 19 heavy (non-hydrogen) atoms. The molecule has 0 radical (unpaired) electrons. The fraction of sp³-hybridized carbons (Fsp3) is 0.625. The summed E-state index contributed by atoms with van der Waals surface area (Å²) in [6, 6.07) is 9.09. The quantitative estimate of drug-likeness (QED) is 0.891. The third-order valence-electron chi connectivity index (χ3n) is 4.27. The zero-order valence-corrected chi connectivity index (χ0v) is 13.8. The van der Waals surface area contributed by atoms with Crippen LogP contribution < -0.4 is 5.32 Å². The minimum absolute atomic E-state index is 0.709. The van der Waals surface area contributed by atoms with E-state index < -0.39 is 0 Å². The highest BCUT2D eigenvalue weighted by Crippen LogP contribution is 2.26. The zero-order chi connectivity index (χ0) is 13.8. The second kappa shape index (κ2) is 6.76. The van der Waals surface area contributed by atoms with Gasteiger partial charge in [0, 0.05) is 35.8 Å². The molecule has 3 unspecified atom stereocenters. The molecule has 1 saturated heterocycles. The number of hydrogen-bond acceptors (Lipinski definition) is 2. The van der Waals surface area contributed by atoms with Gasteiger partial charge in [0.15, 0.2) is 0 Å². The summed E-state index contributed by atoms with van der Waals surface area (Å²) < 4.78 is 1.13. The van der Waals surface area contributed by atoms with Gasteiger partial charge in [-0.15, -0.1) is 0 Å². The Morgan fingerprint density at radius 3 is 2.84 bits per heavy atom. The van der Waals surface area contributed by atoms with Crippen molar-refractivity contribution in [2.45, 2.75) is 33.2 Å². The molecule has 0 saturated carbocycles. The van der Waals surface area contributed by atoms with E-state index in [1.807, 2.05) is 0 Å². The van der Waals surface area contributed by atoms with Gasteiger partial charge < -0.3 is 5.32 Å². The summed E-state index contributed by atoms with van der Waals surface area (Å²) in [5.41, 5.74) is 1.19. The third-order valence-corrected chi connectivity index (χ3v) is 4.77. The van der Waals surface area contributed by atoms with Gasteiger partial charge in [-0.25, -0.2) is 0 Å². The molecular weight excluding hydrogens is 300 g/mol. The van der Waals surface area contributed by atoms with Crippen LogP contribution in [-0.4, -0.2) is 30.6 Å². The number of nitrogens with one attached hydrogen (secondary N) is 1. The van der Waals surface area contributed by atoms with Gasteiger partial charge >= 0.3 is 0 Å². The highest BCUT2D eigenvalue weighted by molar-refractivity contribution is 9.10. The number of hydrogen-bond donors (Lipinski definition) is 1. The Bertz CT molecular complexity index is 407. The first-order valence-corrected chi connectivity index (χ1v) is 8.09. The van der Waals surface area contributed by atoms with Crippen LogP contribution in [0.3, 0.4) is 0 Å². The Kier molecular flexibility index (Phi) is 5.28. The molecule has 1 aromatic rings. The predicted octanol–water partition coefficient (Wildman–Crippen LogP) is 4.23. The summed E-state index contributed by atoms with van der Waals surface area (Å²) in [4.78, 5) is 2.63. The standard InChI is InChI=1S/C16H25BrN2/c1-12-9-13(2)14(3)19(11-12)8-7-18-16-6-4-5-15(17)10-16/h4-6,10,12-14,18H,7-9,11H2,1-3H3. The van der Waals surface area contributed by atoms with Crippen LogP contribution in [0.5, 0.6) is 0 Å². The van der Waals surface area contributed by atoms with Gasteiger partial charge in [-0.05, 0) is 43.4 Å². The summed E-state index contributed by atoms with van der Waals surface area (Å²) in [5.74, 6) is 1.65. The van der Waals surface area contributed by atoms with Crippen molar-refractivity contribution in [2.75, 3.05) is 25.0 Å². The average Bonchev–Trinajstić information content (AvgIpc) is 2.35. The first-order chi connectivity index (χ1) is 9.06. The molecule has 3 atom stereocenters.